The van der Waals surface area contributed by atoms with Crippen molar-refractivity contribution in [2.45, 2.75) is 13.8 Å². The molecule has 22 heavy (non-hydrogen) atoms. The lowest BCUT2D eigenvalue weighted by Crippen LogP contribution is -2.23. The molecule has 0 unspecified atom stereocenters. The molecule has 1 aromatic rings. The zero-order chi connectivity index (χ0) is 16.0. The van der Waals surface area contributed by atoms with Gasteiger partial charge in [0.15, 0.2) is 0 Å². The fourth-order valence-electron chi connectivity index (χ4n) is 2.65. The number of carbonyl (C=O) groups is 4. The Morgan fingerprint density at radius 1 is 0.636 bits per heavy atom. The highest BCUT2D eigenvalue weighted by Gasteiger charge is 2.34. The maximum absolute atomic E-state index is 12.0. The second-order valence-corrected chi connectivity index (χ2v) is 5.11. The van der Waals surface area contributed by atoms with Gasteiger partial charge in [-0.3, -0.25) is 29.8 Å². The van der Waals surface area contributed by atoms with Gasteiger partial charge in [0.2, 0.25) is 0 Å². The van der Waals surface area contributed by atoms with Crippen molar-refractivity contribution in [3.63, 3.8) is 0 Å². The summed E-state index contributed by atoms with van der Waals surface area (Å²) in [6, 6.07) is 6.73. The number of benzene rings is 1. The minimum Gasteiger partial charge on any atom is -0.288 e. The van der Waals surface area contributed by atoms with Crippen molar-refractivity contribution in [2.75, 3.05) is 0 Å². The van der Waals surface area contributed by atoms with E-state index in [9.17, 15) is 19.2 Å². The monoisotopic (exact) mass is 296 g/mol. The van der Waals surface area contributed by atoms with Crippen molar-refractivity contribution in [1.29, 1.82) is 0 Å². The molecule has 0 atom stereocenters. The number of hydrogen-bond acceptors (Lipinski definition) is 4. The van der Waals surface area contributed by atoms with Crippen LogP contribution >= 0.6 is 0 Å². The van der Waals surface area contributed by atoms with Crippen molar-refractivity contribution in [1.82, 2.24) is 10.6 Å². The summed E-state index contributed by atoms with van der Waals surface area (Å²) in [5.41, 5.74) is 1.96. The third-order valence-electron chi connectivity index (χ3n) is 3.81. The van der Waals surface area contributed by atoms with Gasteiger partial charge in [0, 0.05) is 11.1 Å². The molecule has 0 aromatic heterocycles. The third-order valence-corrected chi connectivity index (χ3v) is 3.81. The first-order chi connectivity index (χ1) is 10.4. The average molecular weight is 296 g/mol. The van der Waals surface area contributed by atoms with Crippen LogP contribution in [0.15, 0.2) is 35.4 Å². The Bertz CT molecular complexity index is 761. The standard InChI is InChI=1S/C16H12N2O4/c1-7-11(15(21)17-13(7)19)9-5-3-4-6-10(9)12-8(2)14(20)18-16(12)22/h3-6H,1-2H3,(H,17,19,21)(H,18,20,22). The molecule has 2 N–H and O–H groups in total. The van der Waals surface area contributed by atoms with E-state index < -0.39 is 23.6 Å². The molecule has 0 saturated carbocycles. The normalized spacial score (nSPS) is 18.3. The number of carbonyl (C=O) groups excluding carboxylic acids is 4. The van der Waals surface area contributed by atoms with Gasteiger partial charge >= 0.3 is 0 Å². The Kier molecular flexibility index (Phi) is 3.02. The van der Waals surface area contributed by atoms with Crippen LogP contribution in [0, 0.1) is 0 Å². The van der Waals surface area contributed by atoms with E-state index >= 15 is 0 Å². The number of hydrogen-bond donors (Lipinski definition) is 2. The van der Waals surface area contributed by atoms with Crippen LogP contribution in [-0.4, -0.2) is 23.6 Å². The van der Waals surface area contributed by atoms with Gasteiger partial charge in [0.25, 0.3) is 23.6 Å². The maximum Gasteiger partial charge on any atom is 0.259 e. The topological polar surface area (TPSA) is 92.3 Å². The Morgan fingerprint density at radius 2 is 1.00 bits per heavy atom. The fourth-order valence-corrected chi connectivity index (χ4v) is 2.65. The minimum absolute atomic E-state index is 0.230. The number of amides is 4. The molecule has 0 spiro atoms. The van der Waals surface area contributed by atoms with E-state index in [1.807, 2.05) is 0 Å². The lowest BCUT2D eigenvalue weighted by Gasteiger charge is -2.10. The van der Waals surface area contributed by atoms with Gasteiger partial charge in [-0.1, -0.05) is 24.3 Å². The maximum atomic E-state index is 12.0. The van der Waals surface area contributed by atoms with E-state index in [4.69, 9.17) is 0 Å². The van der Waals surface area contributed by atoms with Crippen LogP contribution in [0.2, 0.25) is 0 Å². The largest absolute Gasteiger partial charge is 0.288 e. The Balaban J connectivity index is 2.26. The molecule has 0 bridgehead atoms. The molecule has 110 valence electrons. The van der Waals surface area contributed by atoms with E-state index in [1.54, 1.807) is 38.1 Å². The Morgan fingerprint density at radius 3 is 1.27 bits per heavy atom. The van der Waals surface area contributed by atoms with Crippen LogP contribution in [0.1, 0.15) is 25.0 Å². The highest BCUT2D eigenvalue weighted by atomic mass is 16.2. The summed E-state index contributed by atoms with van der Waals surface area (Å²) in [7, 11) is 0. The number of imide groups is 2. The summed E-state index contributed by atoms with van der Waals surface area (Å²) >= 11 is 0. The second-order valence-electron chi connectivity index (χ2n) is 5.11. The molecule has 3 rings (SSSR count). The summed E-state index contributed by atoms with van der Waals surface area (Å²) in [6.45, 7) is 3.10. The number of nitrogens with one attached hydrogen (secondary N) is 2. The van der Waals surface area contributed by atoms with Gasteiger partial charge < -0.3 is 0 Å². The zero-order valence-corrected chi connectivity index (χ0v) is 11.9. The molecule has 0 radical (unpaired) electrons. The smallest absolute Gasteiger partial charge is 0.259 e. The summed E-state index contributed by atoms with van der Waals surface area (Å²) in [5, 5.41) is 4.46. The van der Waals surface area contributed by atoms with Crippen LogP contribution in [-0.2, 0) is 19.2 Å². The van der Waals surface area contributed by atoms with E-state index in [0.717, 1.165) is 0 Å². The first-order valence-electron chi connectivity index (χ1n) is 6.64. The van der Waals surface area contributed by atoms with Crippen molar-refractivity contribution < 1.29 is 19.2 Å². The average Bonchev–Trinajstić information content (AvgIpc) is 2.87. The molecule has 1 aromatic carbocycles. The molecule has 0 saturated heterocycles. The summed E-state index contributed by atoms with van der Waals surface area (Å²) in [5.74, 6) is -1.91. The van der Waals surface area contributed by atoms with Gasteiger partial charge in [-0.15, -0.1) is 0 Å². The molecule has 0 fully saturated rings. The van der Waals surface area contributed by atoms with Crippen molar-refractivity contribution in [2.24, 2.45) is 0 Å². The lowest BCUT2D eigenvalue weighted by atomic mass is 9.91. The second kappa shape index (κ2) is 4.77. The van der Waals surface area contributed by atoms with Gasteiger partial charge in [-0.2, -0.15) is 0 Å². The van der Waals surface area contributed by atoms with Crippen molar-refractivity contribution in [3.05, 3.63) is 46.5 Å². The fraction of sp³-hybridized carbons (Fsp3) is 0.125. The SMILES string of the molecule is CC1=C(c2ccccc2C2=C(C)C(=O)NC2=O)C(=O)NC1=O. The highest BCUT2D eigenvalue weighted by molar-refractivity contribution is 6.39. The minimum atomic E-state index is -0.502. The van der Waals surface area contributed by atoms with Gasteiger partial charge in [-0.05, 0) is 25.0 Å². The van der Waals surface area contributed by atoms with E-state index in [1.165, 1.54) is 0 Å². The summed E-state index contributed by atoms with van der Waals surface area (Å²) in [4.78, 5) is 47.3. The molecule has 4 amide bonds. The Hall–Kier alpha value is -3.02. The summed E-state index contributed by atoms with van der Waals surface area (Å²) in [6.07, 6.45) is 0. The van der Waals surface area contributed by atoms with E-state index in [0.29, 0.717) is 22.3 Å². The summed E-state index contributed by atoms with van der Waals surface area (Å²) < 4.78 is 0. The van der Waals surface area contributed by atoms with Crippen LogP contribution < -0.4 is 10.6 Å². The lowest BCUT2D eigenvalue weighted by molar-refractivity contribution is -0.125. The molecular formula is C16H12N2O4. The third kappa shape index (κ3) is 1.88. The predicted molar refractivity (Wildman–Crippen MR) is 77.9 cm³/mol. The zero-order valence-electron chi connectivity index (χ0n) is 11.9. The quantitative estimate of drug-likeness (QED) is 0.779. The first-order valence-corrected chi connectivity index (χ1v) is 6.64. The number of rotatable bonds is 2. The van der Waals surface area contributed by atoms with Crippen molar-refractivity contribution in [3.8, 4) is 0 Å². The van der Waals surface area contributed by atoms with Gasteiger partial charge in [0.05, 0.1) is 11.1 Å². The Labute approximate surface area is 125 Å². The van der Waals surface area contributed by atoms with E-state index in [-0.39, 0.29) is 11.1 Å². The van der Waals surface area contributed by atoms with Crippen LogP contribution in [0.3, 0.4) is 0 Å². The molecule has 0 aliphatic carbocycles. The van der Waals surface area contributed by atoms with Crippen LogP contribution in [0.5, 0.6) is 0 Å². The highest BCUT2D eigenvalue weighted by Crippen LogP contribution is 2.33. The van der Waals surface area contributed by atoms with Crippen LogP contribution in [0.25, 0.3) is 11.1 Å². The van der Waals surface area contributed by atoms with Gasteiger partial charge in [0.1, 0.15) is 0 Å². The molecular weight excluding hydrogens is 284 g/mol. The molecule has 6 nitrogen and oxygen atoms in total. The van der Waals surface area contributed by atoms with Crippen molar-refractivity contribution >= 4 is 34.8 Å². The molecule has 6 heteroatoms. The molecule has 2 aliphatic rings. The van der Waals surface area contributed by atoms with E-state index in [2.05, 4.69) is 10.6 Å². The molecule has 2 heterocycles. The van der Waals surface area contributed by atoms with Gasteiger partial charge in [-0.25, -0.2) is 0 Å². The van der Waals surface area contributed by atoms with Crippen LogP contribution in [0.4, 0.5) is 0 Å². The predicted octanol–water partition coefficient (Wildman–Crippen LogP) is 0.546. The molecule has 2 aliphatic heterocycles. The first kappa shape index (κ1) is 13.9.